The molecule has 0 bridgehead atoms. The topological polar surface area (TPSA) is 72.0 Å². The lowest BCUT2D eigenvalue weighted by atomic mass is 10.1. The summed E-state index contributed by atoms with van der Waals surface area (Å²) in [5.74, 6) is 1.57. The molecule has 0 saturated heterocycles. The van der Waals surface area contributed by atoms with Crippen LogP contribution in [0.4, 0.5) is 0 Å². The molecule has 0 aromatic carbocycles. The van der Waals surface area contributed by atoms with Gasteiger partial charge < -0.3 is 10.5 Å². The Hall–Kier alpha value is -1.58. The van der Waals surface area contributed by atoms with Gasteiger partial charge in [-0.3, -0.25) is 10.4 Å². The average molecular weight is 233 g/mol. The van der Waals surface area contributed by atoms with Gasteiger partial charge in [-0.1, -0.05) is 12.8 Å². The molecule has 1 saturated carbocycles. The van der Waals surface area contributed by atoms with Gasteiger partial charge in [0, 0.05) is 11.8 Å². The molecule has 0 aliphatic heterocycles. The summed E-state index contributed by atoms with van der Waals surface area (Å²) in [6, 6.07) is 1.86. The van der Waals surface area contributed by atoms with Gasteiger partial charge >= 0.3 is 0 Å². The number of amidine groups is 1. The maximum absolute atomic E-state index is 7.58. The molecule has 0 unspecified atom stereocenters. The SMILES string of the molecule is Cc1cc(OCCC2CC2)c(C(=N)N)c(C)n1. The van der Waals surface area contributed by atoms with Crippen LogP contribution in [0.5, 0.6) is 5.75 Å². The smallest absolute Gasteiger partial charge is 0.133 e. The van der Waals surface area contributed by atoms with Crippen LogP contribution < -0.4 is 10.5 Å². The van der Waals surface area contributed by atoms with Gasteiger partial charge in [0.25, 0.3) is 0 Å². The molecular weight excluding hydrogens is 214 g/mol. The summed E-state index contributed by atoms with van der Waals surface area (Å²) in [4.78, 5) is 4.31. The largest absolute Gasteiger partial charge is 0.493 e. The molecule has 1 heterocycles. The summed E-state index contributed by atoms with van der Waals surface area (Å²) in [5, 5.41) is 7.58. The quantitative estimate of drug-likeness (QED) is 0.604. The van der Waals surface area contributed by atoms with Crippen molar-refractivity contribution in [1.82, 2.24) is 4.98 Å². The Morgan fingerprint density at radius 1 is 1.53 bits per heavy atom. The highest BCUT2D eigenvalue weighted by Gasteiger charge is 2.21. The van der Waals surface area contributed by atoms with Crippen LogP contribution in [0.15, 0.2) is 6.07 Å². The Morgan fingerprint density at radius 3 is 2.82 bits per heavy atom. The number of nitrogens with one attached hydrogen (secondary N) is 1. The molecule has 1 aromatic heterocycles. The van der Waals surface area contributed by atoms with E-state index in [4.69, 9.17) is 15.9 Å². The maximum Gasteiger partial charge on any atom is 0.133 e. The third kappa shape index (κ3) is 2.96. The van der Waals surface area contributed by atoms with E-state index in [1.165, 1.54) is 12.8 Å². The Balaban J connectivity index is 2.14. The minimum absolute atomic E-state index is 0.0245. The summed E-state index contributed by atoms with van der Waals surface area (Å²) >= 11 is 0. The lowest BCUT2D eigenvalue weighted by Crippen LogP contribution is -2.16. The monoisotopic (exact) mass is 233 g/mol. The molecule has 2 rings (SSSR count). The van der Waals surface area contributed by atoms with Crippen LogP contribution in [-0.2, 0) is 0 Å². The van der Waals surface area contributed by atoms with Crippen molar-refractivity contribution >= 4 is 5.84 Å². The van der Waals surface area contributed by atoms with E-state index in [-0.39, 0.29) is 5.84 Å². The normalized spacial score (nSPS) is 14.7. The molecule has 0 spiro atoms. The van der Waals surface area contributed by atoms with E-state index < -0.39 is 0 Å². The molecule has 1 aromatic rings. The number of pyridine rings is 1. The molecule has 17 heavy (non-hydrogen) atoms. The molecule has 1 fully saturated rings. The van der Waals surface area contributed by atoms with E-state index in [1.54, 1.807) is 0 Å². The second-order valence-electron chi connectivity index (χ2n) is 4.72. The van der Waals surface area contributed by atoms with Crippen LogP contribution in [0.25, 0.3) is 0 Å². The third-order valence-corrected chi connectivity index (χ3v) is 3.04. The zero-order chi connectivity index (χ0) is 12.4. The van der Waals surface area contributed by atoms with Gasteiger partial charge in [0.1, 0.15) is 11.6 Å². The fraction of sp³-hybridized carbons (Fsp3) is 0.538. The van der Waals surface area contributed by atoms with E-state index >= 15 is 0 Å². The first kappa shape index (κ1) is 11.9. The van der Waals surface area contributed by atoms with E-state index in [0.717, 1.165) is 23.7 Å². The summed E-state index contributed by atoms with van der Waals surface area (Å²) in [5.41, 5.74) is 7.86. The fourth-order valence-corrected chi connectivity index (χ4v) is 1.98. The zero-order valence-electron chi connectivity index (χ0n) is 10.4. The summed E-state index contributed by atoms with van der Waals surface area (Å²) in [6.07, 6.45) is 3.76. The number of hydrogen-bond acceptors (Lipinski definition) is 3. The number of nitrogens with two attached hydrogens (primary N) is 1. The fourth-order valence-electron chi connectivity index (χ4n) is 1.98. The molecule has 1 aliphatic rings. The van der Waals surface area contributed by atoms with Crippen LogP contribution in [0.3, 0.4) is 0 Å². The molecule has 4 nitrogen and oxygen atoms in total. The standard InChI is InChI=1S/C13H19N3O/c1-8-7-11(17-6-5-10-3-4-10)12(13(14)15)9(2)16-8/h7,10H,3-6H2,1-2H3,(H3,14,15). The van der Waals surface area contributed by atoms with Crippen molar-refractivity contribution in [3.63, 3.8) is 0 Å². The number of aromatic nitrogens is 1. The molecule has 1 aliphatic carbocycles. The lowest BCUT2D eigenvalue weighted by Gasteiger charge is -2.13. The van der Waals surface area contributed by atoms with Gasteiger partial charge in [-0.15, -0.1) is 0 Å². The van der Waals surface area contributed by atoms with Crippen molar-refractivity contribution in [2.24, 2.45) is 11.7 Å². The lowest BCUT2D eigenvalue weighted by molar-refractivity contribution is 0.301. The minimum Gasteiger partial charge on any atom is -0.493 e. The van der Waals surface area contributed by atoms with Crippen LogP contribution in [0.2, 0.25) is 0 Å². The molecule has 3 N–H and O–H groups in total. The second-order valence-corrected chi connectivity index (χ2v) is 4.72. The van der Waals surface area contributed by atoms with Crippen LogP contribution in [-0.4, -0.2) is 17.4 Å². The van der Waals surface area contributed by atoms with Crippen LogP contribution >= 0.6 is 0 Å². The Labute approximate surface area is 102 Å². The number of aryl methyl sites for hydroxylation is 2. The first-order chi connectivity index (χ1) is 8.08. The number of nitrogen functional groups attached to an aromatic ring is 1. The number of nitrogens with zero attached hydrogens (tertiary/aromatic N) is 1. The van der Waals surface area contributed by atoms with Gasteiger partial charge in [-0.25, -0.2) is 0 Å². The number of hydrogen-bond donors (Lipinski definition) is 2. The first-order valence-electron chi connectivity index (χ1n) is 6.03. The average Bonchev–Trinajstić information content (AvgIpc) is 2.99. The summed E-state index contributed by atoms with van der Waals surface area (Å²) in [7, 11) is 0. The van der Waals surface area contributed by atoms with Crippen molar-refractivity contribution in [3.8, 4) is 5.75 Å². The van der Waals surface area contributed by atoms with Gasteiger partial charge in [0.2, 0.25) is 0 Å². The molecule has 92 valence electrons. The van der Waals surface area contributed by atoms with Gasteiger partial charge in [0.15, 0.2) is 0 Å². The molecule has 4 heteroatoms. The van der Waals surface area contributed by atoms with Gasteiger partial charge in [0.05, 0.1) is 17.9 Å². The first-order valence-corrected chi connectivity index (χ1v) is 6.03. The highest BCUT2D eigenvalue weighted by atomic mass is 16.5. The van der Waals surface area contributed by atoms with E-state index in [1.807, 2.05) is 19.9 Å². The zero-order valence-corrected chi connectivity index (χ0v) is 10.4. The predicted molar refractivity (Wildman–Crippen MR) is 67.6 cm³/mol. The second kappa shape index (κ2) is 4.73. The van der Waals surface area contributed by atoms with Gasteiger partial charge in [-0.05, 0) is 26.2 Å². The van der Waals surface area contributed by atoms with Crippen molar-refractivity contribution in [2.45, 2.75) is 33.1 Å². The predicted octanol–water partition coefficient (Wildman–Crippen LogP) is 2.16. The Bertz CT molecular complexity index is 439. The Morgan fingerprint density at radius 2 is 2.24 bits per heavy atom. The molecule has 0 atom stereocenters. The summed E-state index contributed by atoms with van der Waals surface area (Å²) in [6.45, 7) is 4.48. The molecule has 0 radical (unpaired) electrons. The van der Waals surface area contributed by atoms with E-state index in [2.05, 4.69) is 4.98 Å². The highest BCUT2D eigenvalue weighted by Crippen LogP contribution is 2.32. The number of rotatable bonds is 5. The maximum atomic E-state index is 7.58. The van der Waals surface area contributed by atoms with E-state index in [9.17, 15) is 0 Å². The minimum atomic E-state index is 0.0245. The molecular formula is C13H19N3O. The van der Waals surface area contributed by atoms with Crippen LogP contribution in [0.1, 0.15) is 36.2 Å². The van der Waals surface area contributed by atoms with Gasteiger partial charge in [-0.2, -0.15) is 0 Å². The van der Waals surface area contributed by atoms with E-state index in [0.29, 0.717) is 17.9 Å². The number of ether oxygens (including phenoxy) is 1. The molecule has 0 amide bonds. The summed E-state index contributed by atoms with van der Waals surface area (Å²) < 4.78 is 5.75. The van der Waals surface area contributed by atoms with Crippen molar-refractivity contribution < 1.29 is 4.74 Å². The van der Waals surface area contributed by atoms with Crippen molar-refractivity contribution in [1.29, 1.82) is 5.41 Å². The van der Waals surface area contributed by atoms with Crippen molar-refractivity contribution in [3.05, 3.63) is 23.0 Å². The van der Waals surface area contributed by atoms with Crippen LogP contribution in [0, 0.1) is 25.2 Å². The highest BCUT2D eigenvalue weighted by molar-refractivity contribution is 5.98. The third-order valence-electron chi connectivity index (χ3n) is 3.04. The van der Waals surface area contributed by atoms with Crippen molar-refractivity contribution in [2.75, 3.05) is 6.61 Å². The Kier molecular flexibility index (Phi) is 3.31.